The third-order valence-electron chi connectivity index (χ3n) is 17.9. The maximum Gasteiger partial charge on any atom is 0.246 e. The molecule has 6 atom stereocenters. The molecule has 21 heteroatoms. The molecule has 490 valence electrons. The number of nitrogens with one attached hydrogen (secondary N) is 8. The van der Waals surface area contributed by atoms with Gasteiger partial charge in [0.25, 0.3) is 0 Å². The minimum Gasteiger partial charge on any atom is -0.354 e. The predicted molar refractivity (Wildman–Crippen MR) is 334 cm³/mol. The van der Waals surface area contributed by atoms with E-state index in [4.69, 9.17) is 0 Å². The number of amides is 10. The Morgan fingerprint density at radius 2 is 1.07 bits per heavy atom. The number of unbranched alkanes of at least 4 members (excludes halogenated alkanes) is 5. The second-order valence-electron chi connectivity index (χ2n) is 29.5. The lowest BCUT2D eigenvalue weighted by Crippen LogP contribution is -2.65. The monoisotopic (exact) mass is 1210 g/mol. The van der Waals surface area contributed by atoms with Crippen LogP contribution in [0.15, 0.2) is 0 Å². The molecule has 86 heavy (non-hydrogen) atoms. The molecule has 4 saturated carbocycles. The Morgan fingerprint density at radius 1 is 0.593 bits per heavy atom. The number of hydrogen-bond acceptors (Lipinski definition) is 11. The summed E-state index contributed by atoms with van der Waals surface area (Å²) in [6, 6.07) is -4.48. The van der Waals surface area contributed by atoms with Crippen LogP contribution in [0, 0.1) is 40.9 Å². The van der Waals surface area contributed by atoms with Gasteiger partial charge in [-0.2, -0.15) is 0 Å². The molecule has 1 heterocycles. The van der Waals surface area contributed by atoms with Gasteiger partial charge in [0.05, 0.1) is 0 Å². The van der Waals surface area contributed by atoms with Crippen LogP contribution in [-0.2, 0) is 47.9 Å². The molecule has 21 nitrogen and oxygen atoms in total. The van der Waals surface area contributed by atoms with E-state index in [1.54, 1.807) is 0 Å². The summed E-state index contributed by atoms with van der Waals surface area (Å²) in [6.07, 6.45) is 15.6. The van der Waals surface area contributed by atoms with Crippen LogP contribution in [0.1, 0.15) is 225 Å². The highest BCUT2D eigenvalue weighted by atomic mass is 16.2. The van der Waals surface area contributed by atoms with Crippen molar-refractivity contribution in [2.24, 2.45) is 40.9 Å². The largest absolute Gasteiger partial charge is 0.354 e. The molecule has 10 amide bonds. The number of likely N-dealkylation sites (tertiary alicyclic amines) is 1. The third kappa shape index (κ3) is 22.4. The minimum absolute atomic E-state index is 0.0111. The van der Waals surface area contributed by atoms with Crippen LogP contribution in [0.5, 0.6) is 0 Å². The molecule has 0 unspecified atom stereocenters. The van der Waals surface area contributed by atoms with Gasteiger partial charge >= 0.3 is 0 Å². The summed E-state index contributed by atoms with van der Waals surface area (Å²) < 4.78 is 0. The smallest absolute Gasteiger partial charge is 0.246 e. The Kier molecular flexibility index (Phi) is 27.9. The van der Waals surface area contributed by atoms with Crippen molar-refractivity contribution in [2.75, 3.05) is 33.7 Å². The summed E-state index contributed by atoms with van der Waals surface area (Å²) in [4.78, 5) is 145. The molecule has 5 aliphatic rings. The van der Waals surface area contributed by atoms with Gasteiger partial charge in [-0.25, -0.2) is 0 Å². The van der Waals surface area contributed by atoms with Crippen LogP contribution in [0.25, 0.3) is 0 Å². The quantitative estimate of drug-likeness (QED) is 0.0265. The topological polar surface area (TPSA) is 277 Å². The lowest BCUT2D eigenvalue weighted by atomic mass is 9.49. The van der Waals surface area contributed by atoms with Gasteiger partial charge in [0.2, 0.25) is 59.6 Å². The number of hydrogen-bond donors (Lipinski definition) is 8. The fraction of sp³-hybridized carbons (Fsp3) is 0.846. The number of carbonyl (C=O) groups excluding carboxylic acids is 10. The van der Waals surface area contributed by atoms with Crippen LogP contribution in [0.3, 0.4) is 0 Å². The second-order valence-corrected chi connectivity index (χ2v) is 29.5. The van der Waals surface area contributed by atoms with E-state index in [0.29, 0.717) is 69.4 Å². The molecule has 1 saturated heterocycles. The third-order valence-corrected chi connectivity index (χ3v) is 17.9. The van der Waals surface area contributed by atoms with Crippen molar-refractivity contribution in [1.29, 1.82) is 0 Å². The van der Waals surface area contributed by atoms with Gasteiger partial charge in [-0.1, -0.05) is 87.0 Å². The maximum absolute atomic E-state index is 14.9. The average molecular weight is 1210 g/mol. The Balaban J connectivity index is 1.45. The van der Waals surface area contributed by atoms with E-state index in [1.165, 1.54) is 65.7 Å². The first-order chi connectivity index (χ1) is 40.1. The Bertz CT molecular complexity index is 2280. The van der Waals surface area contributed by atoms with Crippen molar-refractivity contribution < 1.29 is 47.9 Å². The average Bonchev–Trinajstić information content (AvgIpc) is 1.07. The van der Waals surface area contributed by atoms with Crippen LogP contribution in [0.4, 0.5) is 0 Å². The van der Waals surface area contributed by atoms with E-state index in [9.17, 15) is 47.9 Å². The van der Waals surface area contributed by atoms with Gasteiger partial charge in [0.1, 0.15) is 46.9 Å². The van der Waals surface area contributed by atoms with Gasteiger partial charge in [0, 0.05) is 38.5 Å². The minimum atomic E-state index is -1.63. The molecule has 0 aromatic carbocycles. The molecule has 8 N–H and O–H groups in total. The standard InChI is InChI=1S/C65H115N11O10/c1-17-18-19-20-21-22-24-51(76(40-77)53-25-23-28-75(53)54(79)38-65-35-45-32-46(36-65)34-47(33-45)37-65)58(83)69-50(31-43(6)7)57(82)71-63(11,12)60(85)70-48(29-41(2)3)55(80)68-49(30-42(4)5)56(81)72-64(13,14)61(86)73-62(9,10)59(84)66-27-26-52(78)67-44(8)39-74(15)16/h40-51,53H,17-39H2,1-16H3,(H,66,84)(H,67,78)(H,68,80)(H,69,83)(H,70,85)(H,71,82)(H,72,81)(H,73,86)/t44-,45?,46?,47?,48-,49-,50-,51-,53+,65?/m0/s1. The van der Waals surface area contributed by atoms with Crippen molar-refractivity contribution in [3.63, 3.8) is 0 Å². The molecule has 5 rings (SSSR count). The number of likely N-dealkylation sites (N-methyl/N-ethyl adjacent to an activating group) is 1. The fourth-order valence-electron chi connectivity index (χ4n) is 14.0. The van der Waals surface area contributed by atoms with E-state index in [1.807, 2.05) is 72.4 Å². The lowest BCUT2D eigenvalue weighted by molar-refractivity contribution is -0.150. The van der Waals surface area contributed by atoms with Crippen molar-refractivity contribution in [2.45, 2.75) is 278 Å². The van der Waals surface area contributed by atoms with E-state index in [2.05, 4.69) is 49.5 Å². The van der Waals surface area contributed by atoms with Crippen LogP contribution in [-0.4, -0.2) is 161 Å². The zero-order valence-corrected chi connectivity index (χ0v) is 55.7. The molecular weight excluding hydrogens is 1090 g/mol. The highest BCUT2D eigenvalue weighted by Crippen LogP contribution is 2.61. The maximum atomic E-state index is 14.9. The molecule has 4 bridgehead atoms. The van der Waals surface area contributed by atoms with Crippen molar-refractivity contribution in [1.82, 2.24) is 57.2 Å². The summed E-state index contributed by atoms with van der Waals surface area (Å²) in [5.41, 5.74) is -4.64. The lowest BCUT2D eigenvalue weighted by Gasteiger charge is -2.57. The molecule has 0 aromatic heterocycles. The Morgan fingerprint density at radius 3 is 1.57 bits per heavy atom. The fourth-order valence-corrected chi connectivity index (χ4v) is 14.0. The summed E-state index contributed by atoms with van der Waals surface area (Å²) in [5, 5.41) is 22.5. The van der Waals surface area contributed by atoms with E-state index in [0.717, 1.165) is 51.4 Å². The van der Waals surface area contributed by atoms with Crippen LogP contribution in [0.2, 0.25) is 0 Å². The number of carbonyl (C=O) groups is 10. The number of nitrogens with zero attached hydrogens (tertiary/aromatic N) is 3. The summed E-state index contributed by atoms with van der Waals surface area (Å²) in [7, 11) is 3.80. The van der Waals surface area contributed by atoms with E-state index in [-0.39, 0.29) is 73.3 Å². The van der Waals surface area contributed by atoms with Crippen LogP contribution >= 0.6 is 0 Å². The van der Waals surface area contributed by atoms with Crippen molar-refractivity contribution in [3.05, 3.63) is 0 Å². The zero-order valence-electron chi connectivity index (χ0n) is 55.7. The Labute approximate surface area is 515 Å². The van der Waals surface area contributed by atoms with Crippen LogP contribution < -0.4 is 42.5 Å². The molecule has 1 aliphatic heterocycles. The first-order valence-corrected chi connectivity index (χ1v) is 32.7. The normalized spacial score (nSPS) is 21.9. The highest BCUT2D eigenvalue weighted by molar-refractivity contribution is 5.99. The van der Waals surface area contributed by atoms with E-state index < -0.39 is 88.3 Å². The second kappa shape index (κ2) is 32.8. The summed E-state index contributed by atoms with van der Waals surface area (Å²) >= 11 is 0. The van der Waals surface area contributed by atoms with Gasteiger partial charge in [-0.05, 0) is 181 Å². The molecule has 0 spiro atoms. The number of rotatable bonds is 37. The SMILES string of the molecule is CCCCCCCC[C@@H](C(=O)N[C@@H](CC(C)C)C(=O)NC(C)(C)C(=O)N[C@@H](CC(C)C)C(=O)N[C@@H](CC(C)C)C(=O)NC(C)(C)C(=O)NC(C)(C)C(=O)NCCC(=O)N[C@@H](C)CN(C)C)N(C=O)[C@@H]1CCCN1C(=O)CC12CC3CC(CC(C3)C1)C2. The molecule has 5 fully saturated rings. The first kappa shape index (κ1) is 73.1. The summed E-state index contributed by atoms with van der Waals surface area (Å²) in [5.74, 6) is -2.78. The van der Waals surface area contributed by atoms with Gasteiger partial charge in [-0.15, -0.1) is 0 Å². The van der Waals surface area contributed by atoms with Gasteiger partial charge in [-0.3, -0.25) is 47.9 Å². The molecule has 4 aliphatic carbocycles. The zero-order chi connectivity index (χ0) is 64.5. The first-order valence-electron chi connectivity index (χ1n) is 32.7. The van der Waals surface area contributed by atoms with E-state index >= 15 is 0 Å². The van der Waals surface area contributed by atoms with Gasteiger partial charge < -0.3 is 57.2 Å². The highest BCUT2D eigenvalue weighted by Gasteiger charge is 2.53. The summed E-state index contributed by atoms with van der Waals surface area (Å²) in [6.45, 7) is 25.5. The molecule has 0 aromatic rings. The molecular formula is C65H115N11O10. The van der Waals surface area contributed by atoms with Crippen molar-refractivity contribution in [3.8, 4) is 0 Å². The van der Waals surface area contributed by atoms with Crippen molar-refractivity contribution >= 4 is 59.6 Å². The predicted octanol–water partition coefficient (Wildman–Crippen LogP) is 5.97. The van der Waals surface area contributed by atoms with Gasteiger partial charge in [0.15, 0.2) is 0 Å². The Hall–Kier alpha value is -5.34. The molecule has 0 radical (unpaired) electrons.